The second kappa shape index (κ2) is 5.69. The maximum atomic E-state index is 13.7. The largest absolute Gasteiger partial charge is 0.272 e. The van der Waals surface area contributed by atoms with Gasteiger partial charge in [-0.1, -0.05) is 46.6 Å². The van der Waals surface area contributed by atoms with Gasteiger partial charge in [0.25, 0.3) is 5.91 Å². The molecule has 2 rings (SSSR count). The predicted molar refractivity (Wildman–Crippen MR) is 71.3 cm³/mol. The number of carbonyl (C=O) groups excluding carboxylic acids is 1. The van der Waals surface area contributed by atoms with E-state index in [-0.39, 0.29) is 10.8 Å². The molecule has 0 atom stereocenters. The van der Waals surface area contributed by atoms with E-state index < -0.39 is 5.91 Å². The Morgan fingerprint density at radius 1 is 1.06 bits per heavy atom. The third kappa shape index (κ3) is 2.90. The number of carbonyl (C=O) groups is 1. The maximum absolute atomic E-state index is 13.7. The molecule has 2 nitrogen and oxygen atoms in total. The molecular weight excluding hydrogens is 249 g/mol. The summed E-state index contributed by atoms with van der Waals surface area (Å²) >= 11 is 1.43. The number of hydrogen-bond acceptors (Lipinski definition) is 2. The van der Waals surface area contributed by atoms with Crippen molar-refractivity contribution in [3.63, 3.8) is 0 Å². The monoisotopic (exact) mass is 261 g/mol. The molecule has 0 aromatic heterocycles. The average molecular weight is 261 g/mol. The molecule has 0 aliphatic rings. The molecule has 18 heavy (non-hydrogen) atoms. The zero-order chi connectivity index (χ0) is 13.0. The van der Waals surface area contributed by atoms with E-state index in [1.165, 1.54) is 18.7 Å². The van der Waals surface area contributed by atoms with Crippen molar-refractivity contribution in [3.05, 3.63) is 54.6 Å². The highest BCUT2D eigenvalue weighted by atomic mass is 32.2. The van der Waals surface area contributed by atoms with Gasteiger partial charge in [0, 0.05) is 16.7 Å². The molecule has 0 saturated carbocycles. The fourth-order valence-electron chi connectivity index (χ4n) is 1.49. The van der Waals surface area contributed by atoms with Gasteiger partial charge in [0.1, 0.15) is 0 Å². The lowest BCUT2D eigenvalue weighted by Crippen LogP contribution is -2.18. The summed E-state index contributed by atoms with van der Waals surface area (Å²) in [6.45, 7) is 1.20. The zero-order valence-electron chi connectivity index (χ0n) is 9.84. The Kier molecular flexibility index (Phi) is 3.99. The van der Waals surface area contributed by atoms with Crippen LogP contribution in [0.5, 0.6) is 0 Å². The molecule has 0 N–H and O–H groups in total. The summed E-state index contributed by atoms with van der Waals surface area (Å²) in [6, 6.07) is 16.6. The number of hydrogen-bond donors (Lipinski definition) is 0. The highest BCUT2D eigenvalue weighted by molar-refractivity contribution is 7.99. The third-order valence-corrected chi connectivity index (χ3v) is 3.40. The Morgan fingerprint density at radius 2 is 1.67 bits per heavy atom. The van der Waals surface area contributed by atoms with E-state index in [9.17, 15) is 9.28 Å². The number of halogens is 1. The van der Waals surface area contributed by atoms with Crippen LogP contribution >= 0.6 is 11.8 Å². The number of para-hydroxylation sites is 1. The minimum atomic E-state index is -0.629. The molecule has 92 valence electrons. The summed E-state index contributed by atoms with van der Waals surface area (Å²) in [5, 5.41) is 0.172. The van der Waals surface area contributed by atoms with Crippen LogP contribution in [0, 0.1) is 0 Å². The number of anilines is 1. The molecule has 2 aromatic carbocycles. The second-order valence-corrected chi connectivity index (χ2v) is 4.80. The van der Waals surface area contributed by atoms with Gasteiger partial charge in [0.05, 0.1) is 5.69 Å². The van der Waals surface area contributed by atoms with E-state index in [4.69, 9.17) is 0 Å². The van der Waals surface area contributed by atoms with Crippen LogP contribution in [-0.4, -0.2) is 5.91 Å². The summed E-state index contributed by atoms with van der Waals surface area (Å²) < 4.78 is 13.7. The van der Waals surface area contributed by atoms with Gasteiger partial charge in [-0.3, -0.25) is 4.79 Å². The van der Waals surface area contributed by atoms with Crippen molar-refractivity contribution in [1.29, 1.82) is 0 Å². The Labute approximate surface area is 109 Å². The Bertz CT molecular complexity index is 545. The maximum Gasteiger partial charge on any atom is 0.251 e. The van der Waals surface area contributed by atoms with Crippen LogP contribution in [-0.2, 0) is 4.79 Å². The van der Waals surface area contributed by atoms with E-state index in [0.29, 0.717) is 4.90 Å². The fourth-order valence-corrected chi connectivity index (χ4v) is 2.44. The van der Waals surface area contributed by atoms with Crippen LogP contribution < -0.4 is 5.12 Å². The first kappa shape index (κ1) is 12.6. The van der Waals surface area contributed by atoms with Gasteiger partial charge in [-0.15, -0.1) is 5.12 Å². The summed E-state index contributed by atoms with van der Waals surface area (Å²) in [5.41, 5.74) is 0.277. The molecule has 0 heterocycles. The zero-order valence-corrected chi connectivity index (χ0v) is 10.7. The fraction of sp³-hybridized carbons (Fsp3) is 0.0714. The predicted octanol–water partition coefficient (Wildman–Crippen LogP) is 4.08. The first-order valence-electron chi connectivity index (χ1n) is 5.47. The Balaban J connectivity index is 2.31. The van der Waals surface area contributed by atoms with Crippen molar-refractivity contribution >= 4 is 23.4 Å². The number of rotatable bonds is 3. The van der Waals surface area contributed by atoms with Crippen molar-refractivity contribution in [2.45, 2.75) is 16.7 Å². The van der Waals surface area contributed by atoms with Crippen molar-refractivity contribution in [1.82, 2.24) is 0 Å². The summed E-state index contributed by atoms with van der Waals surface area (Å²) in [4.78, 5) is 12.8. The minimum absolute atomic E-state index is 0.172. The number of nitrogens with zero attached hydrogens (tertiary/aromatic N) is 1. The van der Waals surface area contributed by atoms with Gasteiger partial charge in [-0.2, -0.15) is 0 Å². The molecule has 4 heteroatoms. The first-order chi connectivity index (χ1) is 8.68. The molecule has 0 saturated heterocycles. The Hall–Kier alpha value is -1.81. The molecule has 1 amide bonds. The van der Waals surface area contributed by atoms with Crippen molar-refractivity contribution < 1.29 is 9.28 Å². The van der Waals surface area contributed by atoms with Crippen molar-refractivity contribution in [3.8, 4) is 0 Å². The van der Waals surface area contributed by atoms with E-state index in [1.54, 1.807) is 18.2 Å². The van der Waals surface area contributed by atoms with Gasteiger partial charge in [-0.05, 0) is 24.3 Å². The molecule has 0 aliphatic heterocycles. The van der Waals surface area contributed by atoms with E-state index >= 15 is 0 Å². The second-order valence-electron chi connectivity index (χ2n) is 3.68. The normalized spacial score (nSPS) is 10.1. The minimum Gasteiger partial charge on any atom is -0.272 e. The average Bonchev–Trinajstić information content (AvgIpc) is 2.39. The lowest BCUT2D eigenvalue weighted by molar-refractivity contribution is -0.119. The molecule has 0 radical (unpaired) electrons. The van der Waals surface area contributed by atoms with Gasteiger partial charge >= 0.3 is 0 Å². The molecule has 0 fully saturated rings. The topological polar surface area (TPSA) is 20.3 Å². The van der Waals surface area contributed by atoms with Gasteiger partial charge in [0.2, 0.25) is 0 Å². The summed E-state index contributed by atoms with van der Waals surface area (Å²) in [5.74, 6) is -0.629. The van der Waals surface area contributed by atoms with Crippen LogP contribution in [0.25, 0.3) is 0 Å². The quantitative estimate of drug-likeness (QED) is 0.776. The van der Waals surface area contributed by atoms with Crippen LogP contribution in [0.4, 0.5) is 10.2 Å². The molecule has 0 unspecified atom stereocenters. The first-order valence-corrected chi connectivity index (χ1v) is 6.28. The number of amides is 1. The highest BCUT2D eigenvalue weighted by Crippen LogP contribution is 2.35. The van der Waals surface area contributed by atoms with Crippen LogP contribution in [0.2, 0.25) is 0 Å². The van der Waals surface area contributed by atoms with Gasteiger partial charge in [0.15, 0.2) is 0 Å². The third-order valence-electron chi connectivity index (χ3n) is 2.32. The lowest BCUT2D eigenvalue weighted by Gasteiger charge is -2.13. The molecule has 0 aliphatic carbocycles. The highest BCUT2D eigenvalue weighted by Gasteiger charge is 2.14. The van der Waals surface area contributed by atoms with E-state index in [1.807, 2.05) is 36.4 Å². The Morgan fingerprint density at radius 3 is 2.33 bits per heavy atom. The molecule has 2 aromatic rings. The van der Waals surface area contributed by atoms with Crippen molar-refractivity contribution in [2.75, 3.05) is 5.12 Å². The smallest absolute Gasteiger partial charge is 0.251 e. The molecular formula is C14H12FNOS. The van der Waals surface area contributed by atoms with Crippen LogP contribution in [0.1, 0.15) is 6.92 Å². The van der Waals surface area contributed by atoms with E-state index in [2.05, 4.69) is 0 Å². The van der Waals surface area contributed by atoms with Crippen molar-refractivity contribution in [2.24, 2.45) is 0 Å². The molecule has 0 bridgehead atoms. The summed E-state index contributed by atoms with van der Waals surface area (Å²) in [6.07, 6.45) is 0. The van der Waals surface area contributed by atoms with Crippen LogP contribution in [0.3, 0.4) is 0 Å². The number of benzene rings is 2. The van der Waals surface area contributed by atoms with E-state index in [0.717, 1.165) is 4.90 Å². The lowest BCUT2D eigenvalue weighted by atomic mass is 10.3. The summed E-state index contributed by atoms with van der Waals surface area (Å²) in [7, 11) is 0. The molecule has 0 spiro atoms. The standard InChI is InChI=1S/C14H12FNOS/c1-11(17)16(15)13-9-5-6-10-14(13)18-12-7-3-2-4-8-12/h2-10H,1H3. The SMILES string of the molecule is CC(=O)N(F)c1ccccc1Sc1ccccc1. The van der Waals surface area contributed by atoms with Crippen LogP contribution in [0.15, 0.2) is 64.4 Å². The van der Waals surface area contributed by atoms with Gasteiger partial charge in [-0.25, -0.2) is 0 Å². The van der Waals surface area contributed by atoms with Gasteiger partial charge < -0.3 is 0 Å².